The molecule has 27 heavy (non-hydrogen) atoms. The smallest absolute Gasteiger partial charge is 0.324 e. The number of hydrogen-bond donors (Lipinski definition) is 2. The minimum Gasteiger partial charge on any atom is -0.359 e. The van der Waals surface area contributed by atoms with Gasteiger partial charge in [0.25, 0.3) is 0 Å². The van der Waals surface area contributed by atoms with Gasteiger partial charge >= 0.3 is 6.03 Å². The summed E-state index contributed by atoms with van der Waals surface area (Å²) in [7, 11) is 0. The predicted molar refractivity (Wildman–Crippen MR) is 107 cm³/mol. The lowest BCUT2D eigenvalue weighted by Crippen LogP contribution is -2.19. The highest BCUT2D eigenvalue weighted by molar-refractivity contribution is 7.99. The van der Waals surface area contributed by atoms with Crippen LogP contribution >= 0.6 is 11.8 Å². The monoisotopic (exact) mass is 382 g/mol. The summed E-state index contributed by atoms with van der Waals surface area (Å²) < 4.78 is 5.26. The Balaban J connectivity index is 1.58. The number of urea groups is 1. The van der Waals surface area contributed by atoms with Gasteiger partial charge in [0.15, 0.2) is 5.82 Å². The number of carbonyl (C=O) groups is 1. The van der Waals surface area contributed by atoms with Gasteiger partial charge in [0.2, 0.25) is 0 Å². The van der Waals surface area contributed by atoms with Crippen LogP contribution in [0.4, 0.5) is 16.3 Å². The van der Waals surface area contributed by atoms with Crippen LogP contribution in [0, 0.1) is 6.92 Å². The molecule has 2 heterocycles. The van der Waals surface area contributed by atoms with E-state index in [9.17, 15) is 4.79 Å². The zero-order valence-corrected chi connectivity index (χ0v) is 16.6. The van der Waals surface area contributed by atoms with Crippen molar-refractivity contribution in [1.82, 2.24) is 10.1 Å². The first-order valence-corrected chi connectivity index (χ1v) is 9.36. The molecule has 0 bridgehead atoms. The Morgan fingerprint density at radius 1 is 1.11 bits per heavy atom. The lowest BCUT2D eigenvalue weighted by atomic mass is 9.93. The summed E-state index contributed by atoms with van der Waals surface area (Å²) in [6, 6.07) is 11.0. The number of nitrogens with zero attached hydrogens (tertiary/aromatic N) is 2. The van der Waals surface area contributed by atoms with Crippen molar-refractivity contribution < 1.29 is 9.32 Å². The van der Waals surface area contributed by atoms with E-state index in [1.807, 2.05) is 64.2 Å². The van der Waals surface area contributed by atoms with E-state index >= 15 is 0 Å². The Hall–Kier alpha value is -2.80. The Morgan fingerprint density at radius 2 is 1.85 bits per heavy atom. The third-order valence-corrected chi connectivity index (χ3v) is 4.99. The number of benzene rings is 1. The highest BCUT2D eigenvalue weighted by Crippen LogP contribution is 2.30. The zero-order chi connectivity index (χ0) is 19.4. The van der Waals surface area contributed by atoms with E-state index in [1.54, 1.807) is 24.0 Å². The minimum absolute atomic E-state index is 0.163. The third kappa shape index (κ3) is 5.10. The van der Waals surface area contributed by atoms with E-state index in [1.165, 1.54) is 0 Å². The van der Waals surface area contributed by atoms with E-state index in [0.717, 1.165) is 15.4 Å². The van der Waals surface area contributed by atoms with Crippen molar-refractivity contribution in [2.45, 2.75) is 42.9 Å². The van der Waals surface area contributed by atoms with E-state index in [4.69, 9.17) is 4.52 Å². The summed E-state index contributed by atoms with van der Waals surface area (Å²) in [6.45, 7) is 8.09. The standard InChI is InChI=1S/C20H22N4O2S/c1-13-12-21-10-9-16(13)27-15-7-5-14(6-8-15)22-19(25)23-18-11-17(26-24-18)20(2,3)4/h5-12H,1-4H3,(H2,22,23,24,25). The number of aromatic nitrogens is 2. The SMILES string of the molecule is Cc1cnccc1Sc1ccc(NC(=O)Nc2cc(C(C)(C)C)on2)cc1. The molecule has 1 aromatic carbocycles. The second-order valence-electron chi connectivity index (χ2n) is 7.17. The molecule has 0 aliphatic carbocycles. The van der Waals surface area contributed by atoms with Crippen LogP contribution in [0.3, 0.4) is 0 Å². The molecule has 3 rings (SSSR count). The van der Waals surface area contributed by atoms with Gasteiger partial charge in [0, 0.05) is 39.4 Å². The van der Waals surface area contributed by atoms with E-state index in [2.05, 4.69) is 20.8 Å². The summed E-state index contributed by atoms with van der Waals surface area (Å²) >= 11 is 1.66. The van der Waals surface area contributed by atoms with Crippen LogP contribution in [0.25, 0.3) is 0 Å². The molecule has 0 spiro atoms. The van der Waals surface area contributed by atoms with Gasteiger partial charge in [0.1, 0.15) is 5.76 Å². The first-order valence-electron chi connectivity index (χ1n) is 8.55. The van der Waals surface area contributed by atoms with E-state index in [0.29, 0.717) is 17.3 Å². The van der Waals surface area contributed by atoms with Crippen molar-refractivity contribution >= 4 is 29.3 Å². The molecular weight excluding hydrogens is 360 g/mol. The molecule has 0 saturated heterocycles. The fourth-order valence-corrected chi connectivity index (χ4v) is 3.14. The molecule has 0 aliphatic rings. The van der Waals surface area contributed by atoms with Gasteiger partial charge in [-0.3, -0.25) is 10.3 Å². The van der Waals surface area contributed by atoms with Crippen LogP contribution in [-0.2, 0) is 5.41 Å². The molecule has 2 aromatic heterocycles. The number of nitrogens with one attached hydrogen (secondary N) is 2. The molecule has 140 valence electrons. The average Bonchev–Trinajstić information content (AvgIpc) is 3.07. The lowest BCUT2D eigenvalue weighted by molar-refractivity contribution is 0.262. The van der Waals surface area contributed by atoms with E-state index in [-0.39, 0.29) is 11.4 Å². The normalized spacial score (nSPS) is 11.3. The Kier molecular flexibility index (Phi) is 5.51. The predicted octanol–water partition coefficient (Wildman–Crippen LogP) is 5.47. The molecule has 6 nitrogen and oxygen atoms in total. The summed E-state index contributed by atoms with van der Waals surface area (Å²) in [5, 5.41) is 9.35. The number of hydrogen-bond acceptors (Lipinski definition) is 5. The number of rotatable bonds is 4. The second kappa shape index (κ2) is 7.84. The van der Waals surface area contributed by atoms with Gasteiger partial charge in [-0.25, -0.2) is 4.79 Å². The topological polar surface area (TPSA) is 80.0 Å². The van der Waals surface area contributed by atoms with Crippen molar-refractivity contribution in [3.63, 3.8) is 0 Å². The molecule has 0 radical (unpaired) electrons. The van der Waals surface area contributed by atoms with Crippen molar-refractivity contribution in [2.75, 3.05) is 10.6 Å². The van der Waals surface area contributed by atoms with Crippen LogP contribution in [-0.4, -0.2) is 16.2 Å². The van der Waals surface area contributed by atoms with Crippen LogP contribution in [0.15, 0.2) is 63.1 Å². The second-order valence-corrected chi connectivity index (χ2v) is 8.29. The average molecular weight is 382 g/mol. The molecule has 0 saturated carbocycles. The number of carbonyl (C=O) groups excluding carboxylic acids is 1. The maximum atomic E-state index is 12.1. The summed E-state index contributed by atoms with van der Waals surface area (Å²) in [5.41, 5.74) is 1.67. The van der Waals surface area contributed by atoms with Gasteiger partial charge in [-0.2, -0.15) is 0 Å². The molecule has 2 N–H and O–H groups in total. The highest BCUT2D eigenvalue weighted by atomic mass is 32.2. The summed E-state index contributed by atoms with van der Waals surface area (Å²) in [6.07, 6.45) is 3.63. The summed E-state index contributed by atoms with van der Waals surface area (Å²) in [4.78, 5) is 18.5. The summed E-state index contributed by atoms with van der Waals surface area (Å²) in [5.74, 6) is 1.10. The molecule has 0 fully saturated rings. The van der Waals surface area contributed by atoms with Gasteiger partial charge in [-0.05, 0) is 42.8 Å². The molecule has 0 unspecified atom stereocenters. The molecule has 7 heteroatoms. The maximum Gasteiger partial charge on any atom is 0.324 e. The van der Waals surface area contributed by atoms with Crippen molar-refractivity contribution in [3.05, 3.63) is 60.1 Å². The van der Waals surface area contributed by atoms with Gasteiger partial charge < -0.3 is 9.84 Å². The zero-order valence-electron chi connectivity index (χ0n) is 15.7. The number of anilines is 2. The number of amides is 2. The third-order valence-electron chi connectivity index (χ3n) is 3.80. The molecular formula is C20H22N4O2S. The van der Waals surface area contributed by atoms with Crippen molar-refractivity contribution in [3.8, 4) is 0 Å². The van der Waals surface area contributed by atoms with Crippen LogP contribution in [0.2, 0.25) is 0 Å². The largest absolute Gasteiger partial charge is 0.359 e. The van der Waals surface area contributed by atoms with Gasteiger partial charge in [-0.15, -0.1) is 0 Å². The first kappa shape index (κ1) is 19.0. The van der Waals surface area contributed by atoms with Crippen molar-refractivity contribution in [1.29, 1.82) is 0 Å². The minimum atomic E-state index is -0.367. The van der Waals surface area contributed by atoms with Crippen LogP contribution in [0.5, 0.6) is 0 Å². The van der Waals surface area contributed by atoms with E-state index < -0.39 is 0 Å². The first-order chi connectivity index (χ1) is 12.8. The maximum absolute atomic E-state index is 12.1. The van der Waals surface area contributed by atoms with Gasteiger partial charge in [-0.1, -0.05) is 37.7 Å². The quantitative estimate of drug-likeness (QED) is 0.625. The highest BCUT2D eigenvalue weighted by Gasteiger charge is 2.20. The Bertz CT molecular complexity index is 930. The van der Waals surface area contributed by atoms with Crippen LogP contribution < -0.4 is 10.6 Å². The van der Waals surface area contributed by atoms with Crippen molar-refractivity contribution in [2.24, 2.45) is 0 Å². The van der Waals surface area contributed by atoms with Crippen LogP contribution in [0.1, 0.15) is 32.1 Å². The number of aryl methyl sites for hydroxylation is 1. The fraction of sp³-hybridized carbons (Fsp3) is 0.250. The molecule has 3 aromatic rings. The molecule has 0 atom stereocenters. The fourth-order valence-electron chi connectivity index (χ4n) is 2.27. The Morgan fingerprint density at radius 3 is 2.48 bits per heavy atom. The van der Waals surface area contributed by atoms with Gasteiger partial charge in [0.05, 0.1) is 0 Å². The Labute approximate surface area is 162 Å². The molecule has 0 aliphatic heterocycles. The number of pyridine rings is 1. The lowest BCUT2D eigenvalue weighted by Gasteiger charge is -2.12. The molecule has 2 amide bonds.